The minimum Gasteiger partial charge on any atom is -0.493 e. The van der Waals surface area contributed by atoms with E-state index in [4.69, 9.17) is 9.47 Å². The van der Waals surface area contributed by atoms with Crippen LogP contribution < -0.4 is 14.8 Å². The fourth-order valence-electron chi connectivity index (χ4n) is 2.73. The van der Waals surface area contributed by atoms with Crippen LogP contribution in [0, 0.1) is 0 Å². The summed E-state index contributed by atoms with van der Waals surface area (Å²) in [4.78, 5) is 14.1. The van der Waals surface area contributed by atoms with Gasteiger partial charge in [-0.05, 0) is 63.1 Å². The van der Waals surface area contributed by atoms with Gasteiger partial charge in [0, 0.05) is 31.7 Å². The lowest BCUT2D eigenvalue weighted by molar-refractivity contribution is 0.0755. The van der Waals surface area contributed by atoms with Crippen LogP contribution in [0.25, 0.3) is 0 Å². The van der Waals surface area contributed by atoms with Gasteiger partial charge >= 0.3 is 0 Å². The fraction of sp³-hybridized carbons (Fsp3) is 0.435. The monoisotopic (exact) mass is 384 g/mol. The molecule has 1 amide bonds. The molecule has 0 aromatic heterocycles. The van der Waals surface area contributed by atoms with Gasteiger partial charge < -0.3 is 19.7 Å². The van der Waals surface area contributed by atoms with E-state index in [1.807, 2.05) is 77.2 Å². The molecule has 2 aromatic rings. The maximum Gasteiger partial charge on any atom is 0.253 e. The molecule has 0 aliphatic rings. The number of nitrogens with one attached hydrogen (secondary N) is 1. The average molecular weight is 385 g/mol. The van der Waals surface area contributed by atoms with Crippen molar-refractivity contribution in [1.29, 1.82) is 0 Å². The maximum absolute atomic E-state index is 12.3. The number of ether oxygens (including phenoxy) is 2. The first-order chi connectivity index (χ1) is 13.3. The molecule has 0 heterocycles. The number of benzene rings is 2. The molecular formula is C23H32N2O3. The Morgan fingerprint density at radius 1 is 0.964 bits per heavy atom. The van der Waals surface area contributed by atoms with Crippen molar-refractivity contribution in [2.45, 2.75) is 52.9 Å². The summed E-state index contributed by atoms with van der Waals surface area (Å²) < 4.78 is 11.2. The highest BCUT2D eigenvalue weighted by molar-refractivity contribution is 5.94. The van der Waals surface area contributed by atoms with Crippen molar-refractivity contribution in [1.82, 2.24) is 10.2 Å². The summed E-state index contributed by atoms with van der Waals surface area (Å²) in [5.74, 6) is 1.54. The van der Waals surface area contributed by atoms with Gasteiger partial charge in [-0.25, -0.2) is 0 Å². The Labute approximate surface area is 168 Å². The molecule has 1 N–H and O–H groups in total. The molecule has 5 heteroatoms. The number of carbonyl (C=O) groups is 1. The number of amides is 1. The minimum atomic E-state index is 0.0466. The summed E-state index contributed by atoms with van der Waals surface area (Å²) >= 11 is 0. The van der Waals surface area contributed by atoms with Crippen LogP contribution in [0.1, 0.15) is 49.2 Å². The van der Waals surface area contributed by atoms with Gasteiger partial charge in [0.1, 0.15) is 0 Å². The van der Waals surface area contributed by atoms with Crippen molar-refractivity contribution < 1.29 is 14.3 Å². The van der Waals surface area contributed by atoms with E-state index in [1.54, 1.807) is 12.0 Å². The Kier molecular flexibility index (Phi) is 7.88. The molecule has 0 aliphatic heterocycles. The van der Waals surface area contributed by atoms with Gasteiger partial charge in [0.25, 0.3) is 5.91 Å². The summed E-state index contributed by atoms with van der Waals surface area (Å²) in [6, 6.07) is 13.9. The molecule has 2 aromatic carbocycles. The lowest BCUT2D eigenvalue weighted by atomic mass is 10.1. The van der Waals surface area contributed by atoms with Gasteiger partial charge in [-0.1, -0.05) is 18.2 Å². The molecule has 0 spiro atoms. The van der Waals surface area contributed by atoms with E-state index < -0.39 is 0 Å². The van der Waals surface area contributed by atoms with E-state index in [0.717, 1.165) is 35.7 Å². The number of methoxy groups -OCH3 is 1. The predicted molar refractivity (Wildman–Crippen MR) is 113 cm³/mol. The molecule has 5 nitrogen and oxygen atoms in total. The van der Waals surface area contributed by atoms with Gasteiger partial charge in [0.15, 0.2) is 11.5 Å². The number of hydrogen-bond donors (Lipinski definition) is 1. The van der Waals surface area contributed by atoms with Crippen LogP contribution in [0.15, 0.2) is 42.5 Å². The van der Waals surface area contributed by atoms with E-state index in [-0.39, 0.29) is 18.1 Å². The first-order valence-electron chi connectivity index (χ1n) is 9.72. The van der Waals surface area contributed by atoms with Crippen LogP contribution in [-0.4, -0.2) is 37.1 Å². The molecule has 0 saturated carbocycles. The molecule has 28 heavy (non-hydrogen) atoms. The molecule has 0 fully saturated rings. The van der Waals surface area contributed by atoms with Crippen molar-refractivity contribution in [2.24, 2.45) is 0 Å². The molecule has 2 rings (SSSR count). The largest absolute Gasteiger partial charge is 0.493 e. The maximum atomic E-state index is 12.3. The summed E-state index contributed by atoms with van der Waals surface area (Å²) in [6.07, 6.45) is 0.105. The van der Waals surface area contributed by atoms with Gasteiger partial charge in [-0.15, -0.1) is 0 Å². The summed E-state index contributed by atoms with van der Waals surface area (Å²) in [7, 11) is 3.48. The molecule has 0 unspecified atom stereocenters. The second kappa shape index (κ2) is 10.1. The normalized spacial score (nSPS) is 11.0. The zero-order valence-corrected chi connectivity index (χ0v) is 17.8. The summed E-state index contributed by atoms with van der Waals surface area (Å²) in [5, 5.41) is 3.43. The van der Waals surface area contributed by atoms with Crippen molar-refractivity contribution in [3.63, 3.8) is 0 Å². The molecule has 0 saturated heterocycles. The van der Waals surface area contributed by atoms with Crippen molar-refractivity contribution in [3.05, 3.63) is 59.2 Å². The van der Waals surface area contributed by atoms with E-state index in [0.29, 0.717) is 5.56 Å². The number of hydrogen-bond acceptors (Lipinski definition) is 4. The van der Waals surface area contributed by atoms with Crippen LogP contribution in [0.2, 0.25) is 0 Å². The zero-order valence-electron chi connectivity index (χ0n) is 17.8. The molecule has 0 atom stereocenters. The first-order valence-corrected chi connectivity index (χ1v) is 9.72. The highest BCUT2D eigenvalue weighted by atomic mass is 16.5. The topological polar surface area (TPSA) is 50.8 Å². The average Bonchev–Trinajstić information content (AvgIpc) is 2.68. The Bertz CT molecular complexity index is 770. The number of nitrogens with zero attached hydrogens (tertiary/aromatic N) is 1. The quantitative estimate of drug-likeness (QED) is 0.702. The third kappa shape index (κ3) is 5.99. The van der Waals surface area contributed by atoms with E-state index >= 15 is 0 Å². The van der Waals surface area contributed by atoms with Gasteiger partial charge in [0.2, 0.25) is 0 Å². The summed E-state index contributed by atoms with van der Waals surface area (Å²) in [5.41, 5.74) is 2.97. The van der Waals surface area contributed by atoms with Crippen LogP contribution in [0.4, 0.5) is 0 Å². The lowest BCUT2D eigenvalue weighted by Crippen LogP contribution is -2.32. The third-order valence-electron chi connectivity index (χ3n) is 4.54. The Balaban J connectivity index is 1.92. The van der Waals surface area contributed by atoms with Crippen molar-refractivity contribution in [2.75, 3.05) is 14.2 Å². The highest BCUT2D eigenvalue weighted by Crippen LogP contribution is 2.29. The van der Waals surface area contributed by atoms with Gasteiger partial charge in [-0.3, -0.25) is 4.79 Å². The number of rotatable bonds is 9. The molecular weight excluding hydrogens is 352 g/mol. The molecule has 152 valence electrons. The van der Waals surface area contributed by atoms with Gasteiger partial charge in [0.05, 0.1) is 13.2 Å². The summed E-state index contributed by atoms with van der Waals surface area (Å²) in [6.45, 7) is 9.44. The van der Waals surface area contributed by atoms with Crippen molar-refractivity contribution in [3.8, 4) is 11.5 Å². The second-order valence-electron chi connectivity index (χ2n) is 7.46. The highest BCUT2D eigenvalue weighted by Gasteiger charge is 2.14. The lowest BCUT2D eigenvalue weighted by Gasteiger charge is -2.21. The Morgan fingerprint density at radius 2 is 1.57 bits per heavy atom. The fourth-order valence-corrected chi connectivity index (χ4v) is 2.73. The smallest absolute Gasteiger partial charge is 0.253 e. The van der Waals surface area contributed by atoms with Crippen LogP contribution in [0.3, 0.4) is 0 Å². The van der Waals surface area contributed by atoms with E-state index in [2.05, 4.69) is 5.32 Å². The first kappa shape index (κ1) is 21.8. The Hall–Kier alpha value is -2.53. The second-order valence-corrected chi connectivity index (χ2v) is 7.46. The molecule has 0 bridgehead atoms. The SMILES string of the molecule is COc1cc(CNCc2ccc(C(=O)N(C)C(C)C)cc2)ccc1OC(C)C. The Morgan fingerprint density at radius 3 is 2.14 bits per heavy atom. The predicted octanol–water partition coefficient (Wildman–Crippen LogP) is 4.25. The molecule has 0 aliphatic carbocycles. The van der Waals surface area contributed by atoms with Gasteiger partial charge in [-0.2, -0.15) is 0 Å². The zero-order chi connectivity index (χ0) is 20.7. The van der Waals surface area contributed by atoms with E-state index in [1.165, 1.54) is 0 Å². The number of carbonyl (C=O) groups excluding carboxylic acids is 1. The van der Waals surface area contributed by atoms with Crippen LogP contribution in [0.5, 0.6) is 11.5 Å². The third-order valence-corrected chi connectivity index (χ3v) is 4.54. The standard InChI is InChI=1S/C23H32N2O3/c1-16(2)25(5)23(26)20-10-7-18(8-11-20)14-24-15-19-9-12-21(28-17(3)4)22(13-19)27-6/h7-13,16-17,24H,14-15H2,1-6H3. The van der Waals surface area contributed by atoms with E-state index in [9.17, 15) is 4.79 Å². The minimum absolute atomic E-state index is 0.0466. The van der Waals surface area contributed by atoms with Crippen LogP contribution in [-0.2, 0) is 13.1 Å². The van der Waals surface area contributed by atoms with Crippen LogP contribution >= 0.6 is 0 Å². The van der Waals surface area contributed by atoms with Crippen molar-refractivity contribution >= 4 is 5.91 Å². The molecule has 0 radical (unpaired) electrons.